The van der Waals surface area contributed by atoms with Gasteiger partial charge in [0.1, 0.15) is 0 Å². The smallest absolute Gasteiger partial charge is 0.335 e. The van der Waals surface area contributed by atoms with Crippen LogP contribution in [0.2, 0.25) is 0 Å². The van der Waals surface area contributed by atoms with Crippen molar-refractivity contribution in [2.45, 2.75) is 6.92 Å². The second-order valence-corrected chi connectivity index (χ2v) is 5.12. The molecule has 2 aromatic rings. The van der Waals surface area contributed by atoms with Gasteiger partial charge in [-0.2, -0.15) is 5.10 Å². The van der Waals surface area contributed by atoms with E-state index in [0.29, 0.717) is 5.69 Å². The molecule has 2 N–H and O–H groups in total. The normalized spacial score (nSPS) is 11.2. The van der Waals surface area contributed by atoms with Gasteiger partial charge in [-0.25, -0.2) is 4.79 Å². The number of aromatic carboxylic acids is 1. The van der Waals surface area contributed by atoms with Crippen LogP contribution in [-0.4, -0.2) is 16.8 Å². The fourth-order valence-electron chi connectivity index (χ4n) is 1.63. The Bertz CT molecular complexity index is 651. The van der Waals surface area contributed by atoms with Crippen LogP contribution in [0.3, 0.4) is 0 Å². The van der Waals surface area contributed by atoms with E-state index in [4.69, 9.17) is 5.11 Å². The highest BCUT2D eigenvalue weighted by atomic mass is 79.9. The summed E-state index contributed by atoms with van der Waals surface area (Å²) in [6, 6.07) is 14.3. The number of carboxylic acid groups (broad SMARTS) is 1. The minimum absolute atomic E-state index is 0.228. The molecule has 0 unspecified atom stereocenters. The van der Waals surface area contributed by atoms with Crippen LogP contribution < -0.4 is 5.43 Å². The van der Waals surface area contributed by atoms with Crippen molar-refractivity contribution in [3.63, 3.8) is 0 Å². The number of nitrogens with zero attached hydrogens (tertiary/aromatic N) is 1. The third-order valence-corrected chi connectivity index (χ3v) is 3.25. The third-order valence-electron chi connectivity index (χ3n) is 2.72. The number of hydrogen-bond donors (Lipinski definition) is 2. The largest absolute Gasteiger partial charge is 0.478 e. The van der Waals surface area contributed by atoms with Crippen LogP contribution in [0.25, 0.3) is 0 Å². The second-order valence-electron chi connectivity index (χ2n) is 4.20. The van der Waals surface area contributed by atoms with E-state index in [2.05, 4.69) is 26.5 Å². The van der Waals surface area contributed by atoms with Gasteiger partial charge < -0.3 is 5.11 Å². The molecule has 0 fully saturated rings. The molecule has 0 aliphatic heterocycles. The topological polar surface area (TPSA) is 61.7 Å². The Labute approximate surface area is 125 Å². The SMILES string of the molecule is CC(=NNc1cccc(C(=O)O)c1)c1ccc(Br)cc1. The van der Waals surface area contributed by atoms with Gasteiger partial charge in [0.05, 0.1) is 17.0 Å². The van der Waals surface area contributed by atoms with Gasteiger partial charge in [0.15, 0.2) is 0 Å². The van der Waals surface area contributed by atoms with E-state index >= 15 is 0 Å². The molecule has 2 rings (SSSR count). The lowest BCUT2D eigenvalue weighted by Gasteiger charge is -2.04. The van der Waals surface area contributed by atoms with Gasteiger partial charge >= 0.3 is 5.97 Å². The lowest BCUT2D eigenvalue weighted by Crippen LogP contribution is -2.01. The molecule has 20 heavy (non-hydrogen) atoms. The number of carbonyl (C=O) groups is 1. The number of carboxylic acids is 1. The van der Waals surface area contributed by atoms with Crippen LogP contribution >= 0.6 is 15.9 Å². The quantitative estimate of drug-likeness (QED) is 0.657. The molecular weight excluding hydrogens is 320 g/mol. The Balaban J connectivity index is 2.14. The maximum absolute atomic E-state index is 10.9. The van der Waals surface area contributed by atoms with Crippen LogP contribution in [0, 0.1) is 0 Å². The Hall–Kier alpha value is -2.14. The fourth-order valence-corrected chi connectivity index (χ4v) is 1.89. The number of hydrogen-bond acceptors (Lipinski definition) is 3. The molecule has 0 heterocycles. The monoisotopic (exact) mass is 332 g/mol. The minimum atomic E-state index is -0.956. The molecule has 102 valence electrons. The van der Waals surface area contributed by atoms with Gasteiger partial charge in [0.25, 0.3) is 0 Å². The fraction of sp³-hybridized carbons (Fsp3) is 0.0667. The van der Waals surface area contributed by atoms with E-state index in [9.17, 15) is 4.79 Å². The van der Waals surface area contributed by atoms with Crippen LogP contribution in [0.15, 0.2) is 58.1 Å². The average molecular weight is 333 g/mol. The summed E-state index contributed by atoms with van der Waals surface area (Å²) >= 11 is 3.38. The highest BCUT2D eigenvalue weighted by Crippen LogP contribution is 2.13. The maximum Gasteiger partial charge on any atom is 0.335 e. The van der Waals surface area contributed by atoms with Gasteiger partial charge in [0, 0.05) is 4.47 Å². The average Bonchev–Trinajstić information content (AvgIpc) is 2.46. The summed E-state index contributed by atoms with van der Waals surface area (Å²) in [7, 11) is 0. The summed E-state index contributed by atoms with van der Waals surface area (Å²) in [5.41, 5.74) is 5.55. The lowest BCUT2D eigenvalue weighted by atomic mass is 10.1. The van der Waals surface area contributed by atoms with Gasteiger partial charge in [-0.05, 0) is 42.8 Å². The maximum atomic E-state index is 10.9. The molecule has 0 spiro atoms. The summed E-state index contributed by atoms with van der Waals surface area (Å²) in [6.45, 7) is 1.89. The summed E-state index contributed by atoms with van der Waals surface area (Å²) < 4.78 is 1.01. The molecule has 0 aromatic heterocycles. The molecule has 5 heteroatoms. The first-order valence-corrected chi connectivity index (χ1v) is 6.75. The standard InChI is InChI=1S/C15H13BrN2O2/c1-10(11-5-7-13(16)8-6-11)17-18-14-4-2-3-12(9-14)15(19)20/h2-9,18H,1H3,(H,19,20). The molecule has 0 aliphatic rings. The molecule has 4 nitrogen and oxygen atoms in total. The zero-order chi connectivity index (χ0) is 14.5. The van der Waals surface area contributed by atoms with Crippen LogP contribution in [0.1, 0.15) is 22.8 Å². The predicted molar refractivity (Wildman–Crippen MR) is 83.4 cm³/mol. The number of rotatable bonds is 4. The summed E-state index contributed by atoms with van der Waals surface area (Å²) in [5.74, 6) is -0.956. The van der Waals surface area contributed by atoms with Crippen molar-refractivity contribution < 1.29 is 9.90 Å². The summed E-state index contributed by atoms with van der Waals surface area (Å²) in [6.07, 6.45) is 0. The zero-order valence-electron chi connectivity index (χ0n) is 10.8. The predicted octanol–water partition coefficient (Wildman–Crippen LogP) is 3.98. The van der Waals surface area contributed by atoms with Crippen molar-refractivity contribution in [2.75, 3.05) is 5.43 Å². The van der Waals surface area contributed by atoms with Crippen molar-refractivity contribution in [1.82, 2.24) is 0 Å². The number of anilines is 1. The van der Waals surface area contributed by atoms with E-state index in [1.807, 2.05) is 31.2 Å². The van der Waals surface area contributed by atoms with Crippen LogP contribution in [-0.2, 0) is 0 Å². The van der Waals surface area contributed by atoms with Crippen molar-refractivity contribution in [1.29, 1.82) is 0 Å². The highest BCUT2D eigenvalue weighted by molar-refractivity contribution is 9.10. The lowest BCUT2D eigenvalue weighted by molar-refractivity contribution is 0.0697. The van der Waals surface area contributed by atoms with Gasteiger partial charge in [0.2, 0.25) is 0 Å². The molecule has 2 aromatic carbocycles. The minimum Gasteiger partial charge on any atom is -0.478 e. The van der Waals surface area contributed by atoms with Crippen molar-refractivity contribution >= 4 is 33.3 Å². The molecule has 0 atom stereocenters. The molecule has 0 radical (unpaired) electrons. The Kier molecular flexibility index (Phi) is 4.53. The van der Waals surface area contributed by atoms with Crippen molar-refractivity contribution in [3.05, 3.63) is 64.1 Å². The van der Waals surface area contributed by atoms with Gasteiger partial charge in [-0.3, -0.25) is 5.43 Å². The van der Waals surface area contributed by atoms with E-state index in [-0.39, 0.29) is 5.56 Å². The molecule has 0 saturated carbocycles. The summed E-state index contributed by atoms with van der Waals surface area (Å²) in [4.78, 5) is 10.9. The summed E-state index contributed by atoms with van der Waals surface area (Å²) in [5, 5.41) is 13.2. The van der Waals surface area contributed by atoms with Gasteiger partial charge in [-0.15, -0.1) is 0 Å². The molecule has 0 aliphatic carbocycles. The van der Waals surface area contributed by atoms with E-state index < -0.39 is 5.97 Å². The van der Waals surface area contributed by atoms with Crippen LogP contribution in [0.5, 0.6) is 0 Å². The van der Waals surface area contributed by atoms with Gasteiger partial charge in [-0.1, -0.05) is 34.1 Å². The first-order chi connectivity index (χ1) is 9.56. The first-order valence-electron chi connectivity index (χ1n) is 5.96. The molecule has 0 bridgehead atoms. The number of halogens is 1. The highest BCUT2D eigenvalue weighted by Gasteiger charge is 2.02. The van der Waals surface area contributed by atoms with Crippen molar-refractivity contribution in [3.8, 4) is 0 Å². The Morgan fingerprint density at radius 2 is 1.85 bits per heavy atom. The van der Waals surface area contributed by atoms with E-state index in [0.717, 1.165) is 15.7 Å². The molecule has 0 amide bonds. The number of nitrogens with one attached hydrogen (secondary N) is 1. The number of hydrazone groups is 1. The third kappa shape index (κ3) is 3.68. The van der Waals surface area contributed by atoms with E-state index in [1.165, 1.54) is 0 Å². The molecule has 0 saturated heterocycles. The molecular formula is C15H13BrN2O2. The zero-order valence-corrected chi connectivity index (χ0v) is 12.4. The number of benzene rings is 2. The first kappa shape index (κ1) is 14.3. The van der Waals surface area contributed by atoms with E-state index in [1.54, 1.807) is 24.3 Å². The van der Waals surface area contributed by atoms with Crippen molar-refractivity contribution in [2.24, 2.45) is 5.10 Å². The Morgan fingerprint density at radius 1 is 1.15 bits per heavy atom. The second kappa shape index (κ2) is 6.34. The van der Waals surface area contributed by atoms with Crippen LogP contribution in [0.4, 0.5) is 5.69 Å². The Morgan fingerprint density at radius 3 is 2.50 bits per heavy atom.